The average Bonchev–Trinajstić information content (AvgIpc) is 2.07. The van der Waals surface area contributed by atoms with E-state index in [2.05, 4.69) is 23.5 Å². The van der Waals surface area contributed by atoms with E-state index in [0.29, 0.717) is 0 Å². The zero-order valence-electron chi connectivity index (χ0n) is 8.97. The second-order valence-electron chi connectivity index (χ2n) is 3.60. The highest BCUT2D eigenvalue weighted by Crippen LogP contribution is 2.10. The van der Waals surface area contributed by atoms with Crippen LogP contribution in [0.25, 0.3) is 0 Å². The lowest BCUT2D eigenvalue weighted by Crippen LogP contribution is -2.35. The summed E-state index contributed by atoms with van der Waals surface area (Å²) in [5, 5.41) is 0. The van der Waals surface area contributed by atoms with Gasteiger partial charge >= 0.3 is 0 Å². The molecule has 0 unspecified atom stereocenters. The third-order valence-electron chi connectivity index (χ3n) is 2.12. The third kappa shape index (κ3) is 5.56. The summed E-state index contributed by atoms with van der Waals surface area (Å²) in [6.45, 7) is 7.23. The lowest BCUT2D eigenvalue weighted by Gasteiger charge is -2.29. The molecule has 0 N–H and O–H groups in total. The molecule has 74 valence electrons. The number of hydrogen-bond donors (Lipinski definition) is 0. The largest absolute Gasteiger partial charge is 0.388 e. The SMILES string of the molecule is CC(C)N1CCCCC1.COC. The Bertz CT molecular complexity index is 87.8. The maximum absolute atomic E-state index is 4.25. The normalized spacial score (nSPS) is 18.8. The molecule has 2 heteroatoms. The summed E-state index contributed by atoms with van der Waals surface area (Å²) in [5.74, 6) is 0. The number of hydrogen-bond acceptors (Lipinski definition) is 2. The van der Waals surface area contributed by atoms with Gasteiger partial charge in [-0.3, -0.25) is 0 Å². The van der Waals surface area contributed by atoms with Crippen molar-refractivity contribution in [1.29, 1.82) is 0 Å². The summed E-state index contributed by atoms with van der Waals surface area (Å²) < 4.78 is 4.25. The van der Waals surface area contributed by atoms with Crippen molar-refractivity contribution in [3.63, 3.8) is 0 Å². The first-order valence-electron chi connectivity index (χ1n) is 4.86. The molecule has 12 heavy (non-hydrogen) atoms. The second kappa shape index (κ2) is 7.56. The molecule has 1 aliphatic rings. The Balaban J connectivity index is 0.000000354. The number of methoxy groups -OCH3 is 1. The second-order valence-corrected chi connectivity index (χ2v) is 3.60. The van der Waals surface area contributed by atoms with E-state index in [0.717, 1.165) is 6.04 Å². The summed E-state index contributed by atoms with van der Waals surface area (Å²) in [4.78, 5) is 2.56. The molecule has 0 radical (unpaired) electrons. The topological polar surface area (TPSA) is 12.5 Å². The van der Waals surface area contributed by atoms with Gasteiger partial charge in [0.15, 0.2) is 0 Å². The Hall–Kier alpha value is -0.0800. The van der Waals surface area contributed by atoms with E-state index < -0.39 is 0 Å². The summed E-state index contributed by atoms with van der Waals surface area (Å²) >= 11 is 0. The molecule has 0 bridgehead atoms. The van der Waals surface area contributed by atoms with Gasteiger partial charge in [-0.15, -0.1) is 0 Å². The van der Waals surface area contributed by atoms with Gasteiger partial charge in [0, 0.05) is 20.3 Å². The fraction of sp³-hybridized carbons (Fsp3) is 1.00. The first-order chi connectivity index (χ1) is 5.72. The van der Waals surface area contributed by atoms with Crippen LogP contribution in [0.2, 0.25) is 0 Å². The molecule has 0 spiro atoms. The van der Waals surface area contributed by atoms with Gasteiger partial charge in [-0.25, -0.2) is 0 Å². The number of rotatable bonds is 1. The molecule has 0 saturated carbocycles. The van der Waals surface area contributed by atoms with E-state index in [1.54, 1.807) is 14.2 Å². The molecule has 0 aromatic rings. The monoisotopic (exact) mass is 173 g/mol. The van der Waals surface area contributed by atoms with E-state index in [4.69, 9.17) is 0 Å². The van der Waals surface area contributed by atoms with Gasteiger partial charge in [0.25, 0.3) is 0 Å². The highest BCUT2D eigenvalue weighted by Gasteiger charge is 2.11. The fourth-order valence-corrected chi connectivity index (χ4v) is 1.43. The van der Waals surface area contributed by atoms with Crippen LogP contribution in [0.15, 0.2) is 0 Å². The van der Waals surface area contributed by atoms with Gasteiger partial charge < -0.3 is 9.64 Å². The van der Waals surface area contributed by atoms with Crippen LogP contribution in [-0.2, 0) is 4.74 Å². The molecule has 2 nitrogen and oxygen atoms in total. The van der Waals surface area contributed by atoms with E-state index in [1.807, 2.05) is 0 Å². The van der Waals surface area contributed by atoms with Gasteiger partial charge in [-0.05, 0) is 39.8 Å². The van der Waals surface area contributed by atoms with Crippen LogP contribution in [0.3, 0.4) is 0 Å². The molecule has 1 rings (SSSR count). The minimum Gasteiger partial charge on any atom is -0.388 e. The molecule has 0 aromatic heterocycles. The van der Waals surface area contributed by atoms with Crippen molar-refractivity contribution in [1.82, 2.24) is 4.90 Å². The van der Waals surface area contributed by atoms with Gasteiger partial charge in [0.05, 0.1) is 0 Å². The molecule has 0 amide bonds. The van der Waals surface area contributed by atoms with Crippen LogP contribution in [0.4, 0.5) is 0 Å². The van der Waals surface area contributed by atoms with E-state index in [9.17, 15) is 0 Å². The fourth-order valence-electron chi connectivity index (χ4n) is 1.43. The van der Waals surface area contributed by atoms with E-state index in [1.165, 1.54) is 32.4 Å². The zero-order chi connectivity index (χ0) is 9.40. The van der Waals surface area contributed by atoms with Crippen molar-refractivity contribution >= 4 is 0 Å². The Morgan fingerprint density at radius 3 is 1.67 bits per heavy atom. The molecule has 1 fully saturated rings. The van der Waals surface area contributed by atoms with Crippen LogP contribution in [0, 0.1) is 0 Å². The lowest BCUT2D eigenvalue weighted by molar-refractivity contribution is 0.185. The minimum atomic E-state index is 0.769. The Morgan fingerprint density at radius 1 is 1.00 bits per heavy atom. The molecule has 0 atom stereocenters. The maximum atomic E-state index is 4.25. The zero-order valence-corrected chi connectivity index (χ0v) is 8.97. The summed E-state index contributed by atoms with van der Waals surface area (Å²) in [6.07, 6.45) is 4.28. The van der Waals surface area contributed by atoms with Crippen molar-refractivity contribution in [3.8, 4) is 0 Å². The summed E-state index contributed by atoms with van der Waals surface area (Å²) in [7, 11) is 3.25. The highest BCUT2D eigenvalue weighted by atomic mass is 16.4. The van der Waals surface area contributed by atoms with Crippen molar-refractivity contribution in [3.05, 3.63) is 0 Å². The van der Waals surface area contributed by atoms with Gasteiger partial charge in [0.2, 0.25) is 0 Å². The van der Waals surface area contributed by atoms with Crippen LogP contribution >= 0.6 is 0 Å². The van der Waals surface area contributed by atoms with Crippen molar-refractivity contribution in [2.75, 3.05) is 27.3 Å². The van der Waals surface area contributed by atoms with Gasteiger partial charge in [-0.2, -0.15) is 0 Å². The number of nitrogens with zero attached hydrogens (tertiary/aromatic N) is 1. The molecule has 1 heterocycles. The van der Waals surface area contributed by atoms with Crippen LogP contribution in [0.1, 0.15) is 33.1 Å². The Labute approximate surface area is 76.9 Å². The van der Waals surface area contributed by atoms with Crippen molar-refractivity contribution in [2.24, 2.45) is 0 Å². The van der Waals surface area contributed by atoms with Crippen molar-refractivity contribution < 1.29 is 4.74 Å². The molecule has 1 saturated heterocycles. The maximum Gasteiger partial charge on any atom is 0.0351 e. The standard InChI is InChI=1S/C8H17N.C2H6O/c1-8(2)9-6-4-3-5-7-9;1-3-2/h8H,3-7H2,1-2H3;1-2H3. The quantitative estimate of drug-likeness (QED) is 0.602. The van der Waals surface area contributed by atoms with Crippen molar-refractivity contribution in [2.45, 2.75) is 39.2 Å². The molecule has 0 aromatic carbocycles. The predicted octanol–water partition coefficient (Wildman–Crippen LogP) is 2.14. The number of piperidine rings is 1. The molecular weight excluding hydrogens is 150 g/mol. The Morgan fingerprint density at radius 2 is 1.42 bits per heavy atom. The smallest absolute Gasteiger partial charge is 0.0351 e. The first kappa shape index (κ1) is 11.9. The molecular formula is C10H23NO. The van der Waals surface area contributed by atoms with Crippen LogP contribution in [-0.4, -0.2) is 38.3 Å². The average molecular weight is 173 g/mol. The summed E-state index contributed by atoms with van der Waals surface area (Å²) in [6, 6.07) is 0.769. The highest BCUT2D eigenvalue weighted by molar-refractivity contribution is 4.67. The van der Waals surface area contributed by atoms with Gasteiger partial charge in [-0.1, -0.05) is 6.42 Å². The first-order valence-corrected chi connectivity index (χ1v) is 4.86. The lowest BCUT2D eigenvalue weighted by atomic mass is 10.1. The van der Waals surface area contributed by atoms with E-state index >= 15 is 0 Å². The van der Waals surface area contributed by atoms with Crippen LogP contribution < -0.4 is 0 Å². The third-order valence-corrected chi connectivity index (χ3v) is 2.12. The van der Waals surface area contributed by atoms with Gasteiger partial charge in [0.1, 0.15) is 0 Å². The molecule has 0 aliphatic carbocycles. The van der Waals surface area contributed by atoms with Crippen LogP contribution in [0.5, 0.6) is 0 Å². The molecule has 1 aliphatic heterocycles. The Kier molecular flexibility index (Phi) is 7.51. The van der Waals surface area contributed by atoms with E-state index in [-0.39, 0.29) is 0 Å². The number of likely N-dealkylation sites (tertiary alicyclic amines) is 1. The number of ether oxygens (including phenoxy) is 1. The predicted molar refractivity (Wildman–Crippen MR) is 53.5 cm³/mol. The summed E-state index contributed by atoms with van der Waals surface area (Å²) in [5.41, 5.74) is 0. The minimum absolute atomic E-state index is 0.769.